The monoisotopic (exact) mass is 229 g/mol. The Labute approximate surface area is 99.7 Å². The van der Waals surface area contributed by atoms with Crippen LogP contribution in [0.2, 0.25) is 0 Å². The molecule has 16 heavy (non-hydrogen) atoms. The molecule has 2 N–H and O–H groups in total. The Balaban J connectivity index is 3.09. The molecule has 0 spiro atoms. The highest BCUT2D eigenvalue weighted by Gasteiger charge is 2.01. The van der Waals surface area contributed by atoms with E-state index in [4.69, 9.17) is 10.5 Å². The van der Waals surface area contributed by atoms with Crippen LogP contribution in [-0.2, 0) is 9.53 Å². The van der Waals surface area contributed by atoms with Gasteiger partial charge in [0.15, 0.2) is 0 Å². The van der Waals surface area contributed by atoms with Gasteiger partial charge in [-0.15, -0.1) is 0 Å². The summed E-state index contributed by atoms with van der Waals surface area (Å²) in [7, 11) is 0. The van der Waals surface area contributed by atoms with Gasteiger partial charge in [0.05, 0.1) is 6.61 Å². The Kier molecular flexibility index (Phi) is 12.1. The third kappa shape index (κ3) is 11.5. The molecule has 0 amide bonds. The van der Waals surface area contributed by atoms with E-state index in [1.807, 2.05) is 0 Å². The van der Waals surface area contributed by atoms with Crippen molar-refractivity contribution >= 4 is 5.97 Å². The van der Waals surface area contributed by atoms with Crippen LogP contribution in [0.15, 0.2) is 0 Å². The van der Waals surface area contributed by atoms with Crippen molar-refractivity contribution in [3.63, 3.8) is 0 Å². The van der Waals surface area contributed by atoms with E-state index in [1.165, 1.54) is 32.1 Å². The zero-order chi connectivity index (χ0) is 12.1. The predicted molar refractivity (Wildman–Crippen MR) is 67.2 cm³/mol. The molecule has 0 rings (SSSR count). The lowest BCUT2D eigenvalue weighted by molar-refractivity contribution is -0.143. The first kappa shape index (κ1) is 15.4. The van der Waals surface area contributed by atoms with Gasteiger partial charge < -0.3 is 10.5 Å². The summed E-state index contributed by atoms with van der Waals surface area (Å²) in [6.45, 7) is 3.46. The average Bonchev–Trinajstić information content (AvgIpc) is 2.28. The highest BCUT2D eigenvalue weighted by molar-refractivity contribution is 5.69. The van der Waals surface area contributed by atoms with Crippen LogP contribution in [0.25, 0.3) is 0 Å². The number of ether oxygens (including phenoxy) is 1. The van der Waals surface area contributed by atoms with E-state index >= 15 is 0 Å². The van der Waals surface area contributed by atoms with Gasteiger partial charge in [0, 0.05) is 6.42 Å². The first-order valence-electron chi connectivity index (χ1n) is 6.67. The summed E-state index contributed by atoms with van der Waals surface area (Å²) in [5, 5.41) is 0. The van der Waals surface area contributed by atoms with Crippen LogP contribution in [0.3, 0.4) is 0 Å². The van der Waals surface area contributed by atoms with Gasteiger partial charge in [-0.2, -0.15) is 0 Å². The highest BCUT2D eigenvalue weighted by Crippen LogP contribution is 2.05. The van der Waals surface area contributed by atoms with E-state index in [2.05, 4.69) is 6.92 Å². The maximum atomic E-state index is 11.2. The van der Waals surface area contributed by atoms with Crippen molar-refractivity contribution in [1.29, 1.82) is 0 Å². The summed E-state index contributed by atoms with van der Waals surface area (Å²) in [6, 6.07) is 0. The summed E-state index contributed by atoms with van der Waals surface area (Å²) in [5.74, 6) is -0.0676. The minimum absolute atomic E-state index is 0.0676. The van der Waals surface area contributed by atoms with Crippen LogP contribution < -0.4 is 5.73 Å². The third-order valence-electron chi connectivity index (χ3n) is 2.60. The van der Waals surface area contributed by atoms with Gasteiger partial charge in [-0.05, 0) is 25.8 Å². The molecule has 0 saturated heterocycles. The van der Waals surface area contributed by atoms with Gasteiger partial charge in [0.2, 0.25) is 0 Å². The molecule has 3 nitrogen and oxygen atoms in total. The highest BCUT2D eigenvalue weighted by atomic mass is 16.5. The molecule has 0 heterocycles. The number of hydrogen-bond donors (Lipinski definition) is 1. The fraction of sp³-hybridized carbons (Fsp3) is 0.923. The summed E-state index contributed by atoms with van der Waals surface area (Å²) < 4.78 is 5.12. The summed E-state index contributed by atoms with van der Waals surface area (Å²) in [4.78, 5) is 11.2. The van der Waals surface area contributed by atoms with Gasteiger partial charge >= 0.3 is 5.97 Å². The molecule has 0 aromatic carbocycles. The molecule has 0 aromatic heterocycles. The van der Waals surface area contributed by atoms with Crippen molar-refractivity contribution in [2.45, 2.75) is 64.7 Å². The number of hydrogen-bond acceptors (Lipinski definition) is 3. The SMILES string of the molecule is CCCCCCCCOC(=O)CCCCN. The predicted octanol–water partition coefficient (Wildman–Crippen LogP) is 3.02. The quantitative estimate of drug-likeness (QED) is 0.437. The molecule has 0 aliphatic rings. The van der Waals surface area contributed by atoms with Crippen molar-refractivity contribution < 1.29 is 9.53 Å². The molecule has 0 aliphatic carbocycles. The first-order valence-corrected chi connectivity index (χ1v) is 6.67. The number of carbonyl (C=O) groups is 1. The second-order valence-corrected chi connectivity index (χ2v) is 4.23. The Morgan fingerprint density at radius 1 is 1.00 bits per heavy atom. The maximum absolute atomic E-state index is 11.2. The standard InChI is InChI=1S/C13H27NO2/c1-2-3-4-5-6-9-12-16-13(15)10-7-8-11-14/h2-12,14H2,1H3. The van der Waals surface area contributed by atoms with Crippen molar-refractivity contribution in [3.8, 4) is 0 Å². The third-order valence-corrected chi connectivity index (χ3v) is 2.60. The minimum atomic E-state index is -0.0676. The van der Waals surface area contributed by atoms with E-state index < -0.39 is 0 Å². The first-order chi connectivity index (χ1) is 7.81. The molecule has 0 aliphatic heterocycles. The van der Waals surface area contributed by atoms with E-state index in [1.54, 1.807) is 0 Å². The molecule has 96 valence electrons. The zero-order valence-corrected chi connectivity index (χ0v) is 10.7. The molecule has 0 bridgehead atoms. The van der Waals surface area contributed by atoms with Gasteiger partial charge in [0.1, 0.15) is 0 Å². The number of unbranched alkanes of at least 4 members (excludes halogenated alkanes) is 6. The van der Waals surface area contributed by atoms with E-state index in [-0.39, 0.29) is 5.97 Å². The number of carbonyl (C=O) groups excluding carboxylic acids is 1. The van der Waals surface area contributed by atoms with Crippen molar-refractivity contribution in [1.82, 2.24) is 0 Å². The lowest BCUT2D eigenvalue weighted by atomic mass is 10.1. The Bertz CT molecular complexity index is 160. The summed E-state index contributed by atoms with van der Waals surface area (Å²) in [5.41, 5.74) is 5.34. The van der Waals surface area contributed by atoms with E-state index in [0.29, 0.717) is 19.6 Å². The molecule has 0 unspecified atom stereocenters. The second kappa shape index (κ2) is 12.5. The smallest absolute Gasteiger partial charge is 0.305 e. The fourth-order valence-electron chi connectivity index (χ4n) is 1.55. The maximum Gasteiger partial charge on any atom is 0.305 e. The van der Waals surface area contributed by atoms with Gasteiger partial charge in [0.25, 0.3) is 0 Å². The fourth-order valence-corrected chi connectivity index (χ4v) is 1.55. The largest absolute Gasteiger partial charge is 0.466 e. The minimum Gasteiger partial charge on any atom is -0.466 e. The van der Waals surface area contributed by atoms with Crippen molar-refractivity contribution in [2.75, 3.05) is 13.2 Å². The van der Waals surface area contributed by atoms with Crippen LogP contribution in [0.1, 0.15) is 64.7 Å². The topological polar surface area (TPSA) is 52.3 Å². The van der Waals surface area contributed by atoms with Crippen LogP contribution in [0.4, 0.5) is 0 Å². The van der Waals surface area contributed by atoms with Crippen molar-refractivity contribution in [3.05, 3.63) is 0 Å². The molecular weight excluding hydrogens is 202 g/mol. The number of nitrogens with two attached hydrogens (primary N) is 1. The Morgan fingerprint density at radius 2 is 1.69 bits per heavy atom. The second-order valence-electron chi connectivity index (χ2n) is 4.23. The van der Waals surface area contributed by atoms with E-state index in [0.717, 1.165) is 19.3 Å². The van der Waals surface area contributed by atoms with Crippen molar-refractivity contribution in [2.24, 2.45) is 5.73 Å². The van der Waals surface area contributed by atoms with Crippen LogP contribution >= 0.6 is 0 Å². The molecule has 0 radical (unpaired) electrons. The Morgan fingerprint density at radius 3 is 2.38 bits per heavy atom. The van der Waals surface area contributed by atoms with Gasteiger partial charge in [-0.1, -0.05) is 39.0 Å². The van der Waals surface area contributed by atoms with Crippen LogP contribution in [0.5, 0.6) is 0 Å². The van der Waals surface area contributed by atoms with Gasteiger partial charge in [-0.3, -0.25) is 4.79 Å². The van der Waals surface area contributed by atoms with Crippen LogP contribution in [-0.4, -0.2) is 19.1 Å². The lowest BCUT2D eigenvalue weighted by Gasteiger charge is -2.04. The molecule has 0 aromatic rings. The van der Waals surface area contributed by atoms with E-state index in [9.17, 15) is 4.79 Å². The normalized spacial score (nSPS) is 10.4. The average molecular weight is 229 g/mol. The number of rotatable bonds is 11. The zero-order valence-electron chi connectivity index (χ0n) is 10.7. The van der Waals surface area contributed by atoms with Crippen LogP contribution in [0, 0.1) is 0 Å². The molecule has 0 fully saturated rings. The lowest BCUT2D eigenvalue weighted by Crippen LogP contribution is -2.07. The molecule has 0 saturated carbocycles. The molecule has 0 atom stereocenters. The summed E-state index contributed by atoms with van der Waals surface area (Å²) in [6.07, 6.45) is 9.63. The molecular formula is C13H27NO2. The Hall–Kier alpha value is -0.570. The molecule has 3 heteroatoms. The number of esters is 1. The summed E-state index contributed by atoms with van der Waals surface area (Å²) >= 11 is 0. The van der Waals surface area contributed by atoms with Gasteiger partial charge in [-0.25, -0.2) is 0 Å².